The predicted octanol–water partition coefficient (Wildman–Crippen LogP) is 2.76. The highest BCUT2D eigenvalue weighted by atomic mass is 19.1. The Morgan fingerprint density at radius 1 is 1.22 bits per heavy atom. The summed E-state index contributed by atoms with van der Waals surface area (Å²) in [5.74, 6) is -0.754. The van der Waals surface area contributed by atoms with E-state index >= 15 is 0 Å². The molecule has 0 atom stereocenters. The molecule has 18 heavy (non-hydrogen) atoms. The van der Waals surface area contributed by atoms with E-state index in [4.69, 9.17) is 4.74 Å². The van der Waals surface area contributed by atoms with E-state index in [9.17, 15) is 9.18 Å². The molecule has 1 N–H and O–H groups in total. The molecule has 0 saturated heterocycles. The van der Waals surface area contributed by atoms with Gasteiger partial charge in [0.25, 0.3) is 0 Å². The summed E-state index contributed by atoms with van der Waals surface area (Å²) in [5.41, 5.74) is 0.385. The van der Waals surface area contributed by atoms with Crippen LogP contribution in [0, 0.1) is 5.82 Å². The highest BCUT2D eigenvalue weighted by Crippen LogP contribution is 2.04. The first-order valence-electron chi connectivity index (χ1n) is 6.37. The van der Waals surface area contributed by atoms with Crippen molar-refractivity contribution in [2.45, 2.75) is 26.2 Å². The maximum Gasteiger partial charge on any atom is 0.338 e. The lowest BCUT2D eigenvalue weighted by Crippen LogP contribution is -2.18. The van der Waals surface area contributed by atoms with Gasteiger partial charge in [0.05, 0.1) is 12.2 Å². The van der Waals surface area contributed by atoms with Crippen molar-refractivity contribution in [3.8, 4) is 0 Å². The zero-order chi connectivity index (χ0) is 13.2. The van der Waals surface area contributed by atoms with Crippen LogP contribution in [0.4, 0.5) is 4.39 Å². The van der Waals surface area contributed by atoms with Gasteiger partial charge in [0.1, 0.15) is 5.82 Å². The zero-order valence-electron chi connectivity index (χ0n) is 10.7. The van der Waals surface area contributed by atoms with Gasteiger partial charge >= 0.3 is 5.97 Å². The predicted molar refractivity (Wildman–Crippen MR) is 69.1 cm³/mol. The topological polar surface area (TPSA) is 38.3 Å². The van der Waals surface area contributed by atoms with Gasteiger partial charge in [-0.3, -0.25) is 0 Å². The second kappa shape index (κ2) is 8.64. The first-order valence-corrected chi connectivity index (χ1v) is 6.37. The van der Waals surface area contributed by atoms with E-state index in [0.717, 1.165) is 25.9 Å². The van der Waals surface area contributed by atoms with Crippen LogP contribution in [0.3, 0.4) is 0 Å². The molecule has 0 radical (unpaired) electrons. The van der Waals surface area contributed by atoms with Crippen LogP contribution < -0.4 is 5.32 Å². The molecule has 3 nitrogen and oxygen atoms in total. The van der Waals surface area contributed by atoms with Gasteiger partial charge in [0, 0.05) is 0 Å². The third-order valence-corrected chi connectivity index (χ3v) is 2.52. The fourth-order valence-electron chi connectivity index (χ4n) is 1.46. The molecule has 1 aromatic carbocycles. The number of hydrogen-bond donors (Lipinski definition) is 1. The Balaban J connectivity index is 2.12. The van der Waals surface area contributed by atoms with Gasteiger partial charge in [-0.2, -0.15) is 0 Å². The molecule has 0 amide bonds. The fourth-order valence-corrected chi connectivity index (χ4v) is 1.46. The molecular formula is C14H20FNO2. The van der Waals surface area contributed by atoms with E-state index in [2.05, 4.69) is 12.2 Å². The quantitative estimate of drug-likeness (QED) is 0.572. The van der Waals surface area contributed by atoms with E-state index in [-0.39, 0.29) is 5.82 Å². The number of ether oxygens (including phenoxy) is 1. The van der Waals surface area contributed by atoms with Gasteiger partial charge in [-0.15, -0.1) is 0 Å². The number of halogens is 1. The van der Waals surface area contributed by atoms with Crippen molar-refractivity contribution in [3.63, 3.8) is 0 Å². The highest BCUT2D eigenvalue weighted by molar-refractivity contribution is 5.89. The summed E-state index contributed by atoms with van der Waals surface area (Å²) in [5, 5.41) is 3.27. The normalized spacial score (nSPS) is 10.3. The van der Waals surface area contributed by atoms with Crippen molar-refractivity contribution >= 4 is 5.97 Å². The van der Waals surface area contributed by atoms with Crippen LogP contribution in [0.25, 0.3) is 0 Å². The second-order valence-corrected chi connectivity index (χ2v) is 4.10. The van der Waals surface area contributed by atoms with Crippen molar-refractivity contribution in [1.82, 2.24) is 5.32 Å². The van der Waals surface area contributed by atoms with Crippen LogP contribution in [0.15, 0.2) is 24.3 Å². The lowest BCUT2D eigenvalue weighted by molar-refractivity contribution is 0.0500. The monoisotopic (exact) mass is 253 g/mol. The van der Waals surface area contributed by atoms with E-state index in [0.29, 0.717) is 12.2 Å². The zero-order valence-corrected chi connectivity index (χ0v) is 10.7. The average molecular weight is 253 g/mol. The number of carbonyl (C=O) groups excluding carboxylic acids is 1. The summed E-state index contributed by atoms with van der Waals surface area (Å²) in [6.45, 7) is 4.38. The summed E-state index contributed by atoms with van der Waals surface area (Å²) < 4.78 is 17.7. The number of rotatable bonds is 8. The van der Waals surface area contributed by atoms with E-state index < -0.39 is 5.97 Å². The Hall–Kier alpha value is -1.42. The first-order chi connectivity index (χ1) is 8.74. The third-order valence-electron chi connectivity index (χ3n) is 2.52. The summed E-state index contributed by atoms with van der Waals surface area (Å²) >= 11 is 0. The number of unbranched alkanes of at least 4 members (excludes halogenated alkanes) is 1. The molecule has 1 rings (SSSR count). The number of nitrogens with one attached hydrogen (secondary N) is 1. The molecule has 4 heteroatoms. The van der Waals surface area contributed by atoms with Crippen LogP contribution >= 0.6 is 0 Å². The van der Waals surface area contributed by atoms with Gasteiger partial charge < -0.3 is 10.1 Å². The van der Waals surface area contributed by atoms with Crippen LogP contribution in [0.1, 0.15) is 36.5 Å². The molecule has 100 valence electrons. The lowest BCUT2D eigenvalue weighted by atomic mass is 10.2. The SMILES string of the molecule is CCCCNCCCOC(=O)c1ccc(F)cc1. The number of hydrogen-bond acceptors (Lipinski definition) is 3. The molecule has 0 spiro atoms. The van der Waals surface area contributed by atoms with Crippen LogP contribution in [0.2, 0.25) is 0 Å². The van der Waals surface area contributed by atoms with Crippen LogP contribution in [-0.2, 0) is 4.74 Å². The molecule has 0 bridgehead atoms. The van der Waals surface area contributed by atoms with Crippen molar-refractivity contribution in [3.05, 3.63) is 35.6 Å². The Kier molecular flexibility index (Phi) is 7.03. The molecule has 0 aliphatic heterocycles. The Morgan fingerprint density at radius 3 is 2.56 bits per heavy atom. The van der Waals surface area contributed by atoms with E-state index in [1.54, 1.807) is 0 Å². The maximum absolute atomic E-state index is 12.6. The fraction of sp³-hybridized carbons (Fsp3) is 0.500. The van der Waals surface area contributed by atoms with E-state index in [1.165, 1.54) is 30.7 Å². The second-order valence-electron chi connectivity index (χ2n) is 4.10. The van der Waals surface area contributed by atoms with Crippen molar-refractivity contribution in [2.75, 3.05) is 19.7 Å². The van der Waals surface area contributed by atoms with E-state index in [1.807, 2.05) is 0 Å². The van der Waals surface area contributed by atoms with Gasteiger partial charge in [0.2, 0.25) is 0 Å². The summed E-state index contributed by atoms with van der Waals surface area (Å²) in [4.78, 5) is 11.5. The van der Waals surface area contributed by atoms with Crippen molar-refractivity contribution < 1.29 is 13.9 Å². The molecular weight excluding hydrogens is 233 g/mol. The Morgan fingerprint density at radius 2 is 1.89 bits per heavy atom. The Bertz CT molecular complexity index is 351. The molecule has 1 aromatic rings. The summed E-state index contributed by atoms with van der Waals surface area (Å²) in [6.07, 6.45) is 3.12. The smallest absolute Gasteiger partial charge is 0.338 e. The molecule has 0 aromatic heterocycles. The van der Waals surface area contributed by atoms with Gasteiger partial charge in [0.15, 0.2) is 0 Å². The highest BCUT2D eigenvalue weighted by Gasteiger charge is 2.06. The minimum Gasteiger partial charge on any atom is -0.462 e. The molecule has 0 unspecified atom stereocenters. The van der Waals surface area contributed by atoms with Gasteiger partial charge in [-0.05, 0) is 50.2 Å². The molecule has 0 heterocycles. The number of esters is 1. The summed E-state index contributed by atoms with van der Waals surface area (Å²) in [6, 6.07) is 5.36. The van der Waals surface area contributed by atoms with Crippen LogP contribution in [0.5, 0.6) is 0 Å². The third kappa shape index (κ3) is 5.77. The molecule has 0 aliphatic rings. The number of carbonyl (C=O) groups is 1. The summed E-state index contributed by atoms with van der Waals surface area (Å²) in [7, 11) is 0. The molecule has 0 fully saturated rings. The van der Waals surface area contributed by atoms with Crippen LogP contribution in [-0.4, -0.2) is 25.7 Å². The van der Waals surface area contributed by atoms with Gasteiger partial charge in [-0.1, -0.05) is 13.3 Å². The molecule has 0 aliphatic carbocycles. The maximum atomic E-state index is 12.6. The standard InChI is InChI=1S/C14H20FNO2/c1-2-3-9-16-10-4-11-18-14(17)12-5-7-13(15)8-6-12/h5-8,16H,2-4,9-11H2,1H3. The minimum atomic E-state index is -0.399. The largest absolute Gasteiger partial charge is 0.462 e. The molecule has 0 saturated carbocycles. The number of benzene rings is 1. The van der Waals surface area contributed by atoms with Gasteiger partial charge in [-0.25, -0.2) is 9.18 Å². The average Bonchev–Trinajstić information content (AvgIpc) is 2.38. The Labute approximate surface area is 107 Å². The van der Waals surface area contributed by atoms with Crippen molar-refractivity contribution in [2.24, 2.45) is 0 Å². The van der Waals surface area contributed by atoms with Crippen molar-refractivity contribution in [1.29, 1.82) is 0 Å². The lowest BCUT2D eigenvalue weighted by Gasteiger charge is -2.06. The first kappa shape index (κ1) is 14.6. The minimum absolute atomic E-state index is 0.355.